The number of anilines is 1. The lowest BCUT2D eigenvalue weighted by Crippen LogP contribution is -2.39. The standard InChI is InChI=1S/C21H28ClN3O3S/c1-28-19-12-17(23)16(22)11-15(19)21(27)24-13-14-4-7-25(8-5-14)9-6-18(26)20-3-2-10-29-20/h2-3,10-12,14,18,26H,4-9,13,23H2,1H3,(H,24,27). The number of carbonyl (C=O) groups is 1. The SMILES string of the molecule is COc1cc(N)c(Cl)cc1C(=O)NCC1CCN(CCC(O)c2cccs2)CC1. The number of piperidine rings is 1. The Bertz CT molecular complexity index is 808. The van der Waals surface area contributed by atoms with E-state index in [0.717, 1.165) is 43.8 Å². The maximum absolute atomic E-state index is 12.6. The molecule has 0 radical (unpaired) electrons. The molecule has 0 saturated carbocycles. The number of ether oxygens (including phenoxy) is 1. The molecule has 0 spiro atoms. The fourth-order valence-corrected chi connectivity index (χ4v) is 4.50. The summed E-state index contributed by atoms with van der Waals surface area (Å²) in [7, 11) is 1.50. The van der Waals surface area contributed by atoms with Crippen LogP contribution in [0, 0.1) is 5.92 Å². The van der Waals surface area contributed by atoms with Crippen LogP contribution >= 0.6 is 22.9 Å². The van der Waals surface area contributed by atoms with Crippen LogP contribution in [0.5, 0.6) is 5.75 Å². The van der Waals surface area contributed by atoms with Crippen LogP contribution in [-0.2, 0) is 0 Å². The summed E-state index contributed by atoms with van der Waals surface area (Å²) < 4.78 is 5.26. The number of aliphatic hydroxyl groups excluding tert-OH is 1. The molecule has 1 atom stereocenters. The Morgan fingerprint density at radius 2 is 2.21 bits per heavy atom. The normalized spacial score (nSPS) is 16.5. The van der Waals surface area contributed by atoms with Gasteiger partial charge in [-0.3, -0.25) is 4.79 Å². The second-order valence-electron chi connectivity index (χ2n) is 7.39. The highest BCUT2D eigenvalue weighted by molar-refractivity contribution is 7.10. The van der Waals surface area contributed by atoms with E-state index < -0.39 is 0 Å². The van der Waals surface area contributed by atoms with E-state index in [-0.39, 0.29) is 12.0 Å². The summed E-state index contributed by atoms with van der Waals surface area (Å²) in [5, 5.41) is 15.6. The van der Waals surface area contributed by atoms with Crippen molar-refractivity contribution >= 4 is 34.5 Å². The van der Waals surface area contributed by atoms with Crippen LogP contribution in [0.3, 0.4) is 0 Å². The molecule has 8 heteroatoms. The molecule has 2 heterocycles. The third-order valence-corrected chi connectivity index (χ3v) is 6.71. The number of carbonyl (C=O) groups excluding carboxylic acids is 1. The highest BCUT2D eigenvalue weighted by Crippen LogP contribution is 2.29. The van der Waals surface area contributed by atoms with Gasteiger partial charge in [-0.05, 0) is 55.8 Å². The Morgan fingerprint density at radius 3 is 2.86 bits per heavy atom. The molecule has 6 nitrogen and oxygen atoms in total. The van der Waals surface area contributed by atoms with Gasteiger partial charge < -0.3 is 25.8 Å². The van der Waals surface area contributed by atoms with Crippen LogP contribution in [0.25, 0.3) is 0 Å². The minimum absolute atomic E-state index is 0.203. The number of thiophene rings is 1. The van der Waals surface area contributed by atoms with E-state index in [0.29, 0.717) is 34.5 Å². The van der Waals surface area contributed by atoms with Gasteiger partial charge in [-0.15, -0.1) is 11.3 Å². The number of hydrogen-bond donors (Lipinski definition) is 3. The molecule has 1 amide bonds. The molecule has 3 rings (SSSR count). The van der Waals surface area contributed by atoms with Gasteiger partial charge >= 0.3 is 0 Å². The number of halogens is 1. The van der Waals surface area contributed by atoms with Crippen molar-refractivity contribution in [2.45, 2.75) is 25.4 Å². The summed E-state index contributed by atoms with van der Waals surface area (Å²) >= 11 is 7.65. The van der Waals surface area contributed by atoms with Crippen molar-refractivity contribution in [2.75, 3.05) is 39.0 Å². The average molecular weight is 438 g/mol. The minimum Gasteiger partial charge on any atom is -0.496 e. The Morgan fingerprint density at radius 1 is 1.45 bits per heavy atom. The summed E-state index contributed by atoms with van der Waals surface area (Å²) in [4.78, 5) is 16.0. The number of nitrogens with one attached hydrogen (secondary N) is 1. The van der Waals surface area contributed by atoms with E-state index in [9.17, 15) is 9.90 Å². The topological polar surface area (TPSA) is 87.8 Å². The Balaban J connectivity index is 1.42. The zero-order valence-corrected chi connectivity index (χ0v) is 18.1. The van der Waals surface area contributed by atoms with Crippen molar-refractivity contribution in [3.8, 4) is 5.75 Å². The highest BCUT2D eigenvalue weighted by atomic mass is 35.5. The predicted molar refractivity (Wildman–Crippen MR) is 118 cm³/mol. The Labute approximate surface area is 180 Å². The maximum Gasteiger partial charge on any atom is 0.255 e. The zero-order valence-electron chi connectivity index (χ0n) is 16.6. The van der Waals surface area contributed by atoms with Crippen molar-refractivity contribution in [1.29, 1.82) is 0 Å². The molecule has 0 aliphatic carbocycles. The maximum atomic E-state index is 12.6. The lowest BCUT2D eigenvalue weighted by Gasteiger charge is -2.32. The van der Waals surface area contributed by atoms with Gasteiger partial charge in [-0.2, -0.15) is 0 Å². The molecule has 0 bridgehead atoms. The number of benzene rings is 1. The molecule has 29 heavy (non-hydrogen) atoms. The third kappa shape index (κ3) is 5.85. The molecule has 4 N–H and O–H groups in total. The van der Waals surface area contributed by atoms with Crippen molar-refractivity contribution < 1.29 is 14.6 Å². The number of aliphatic hydroxyl groups is 1. The Hall–Kier alpha value is -1.80. The van der Waals surface area contributed by atoms with E-state index >= 15 is 0 Å². The van der Waals surface area contributed by atoms with E-state index in [4.69, 9.17) is 22.1 Å². The van der Waals surface area contributed by atoms with Crippen molar-refractivity contribution in [3.05, 3.63) is 45.1 Å². The van der Waals surface area contributed by atoms with Gasteiger partial charge in [-0.1, -0.05) is 17.7 Å². The molecule has 1 aromatic heterocycles. The zero-order chi connectivity index (χ0) is 20.8. The monoisotopic (exact) mass is 437 g/mol. The smallest absolute Gasteiger partial charge is 0.255 e. The first-order valence-corrected chi connectivity index (χ1v) is 11.1. The van der Waals surface area contributed by atoms with Gasteiger partial charge in [-0.25, -0.2) is 0 Å². The second kappa shape index (κ2) is 10.3. The van der Waals surface area contributed by atoms with Crippen LogP contribution in [0.4, 0.5) is 5.69 Å². The minimum atomic E-state index is -0.381. The highest BCUT2D eigenvalue weighted by Gasteiger charge is 2.22. The molecule has 1 aromatic carbocycles. The van der Waals surface area contributed by atoms with Gasteiger partial charge in [0.1, 0.15) is 5.75 Å². The van der Waals surface area contributed by atoms with Gasteiger partial charge in [0.15, 0.2) is 0 Å². The summed E-state index contributed by atoms with van der Waals surface area (Å²) in [5.41, 5.74) is 6.56. The van der Waals surface area contributed by atoms with Gasteiger partial charge in [0.2, 0.25) is 0 Å². The predicted octanol–water partition coefficient (Wildman–Crippen LogP) is 3.56. The number of nitrogens with two attached hydrogens (primary N) is 1. The number of likely N-dealkylation sites (tertiary alicyclic amines) is 1. The molecule has 2 aromatic rings. The van der Waals surface area contributed by atoms with Crippen LogP contribution < -0.4 is 15.8 Å². The van der Waals surface area contributed by atoms with E-state index in [1.807, 2.05) is 17.5 Å². The largest absolute Gasteiger partial charge is 0.496 e. The first kappa shape index (κ1) is 21.9. The molecule has 1 aliphatic heterocycles. The van der Waals surface area contributed by atoms with Gasteiger partial charge in [0.05, 0.1) is 29.5 Å². The quantitative estimate of drug-likeness (QED) is 0.549. The first-order chi connectivity index (χ1) is 14.0. The number of hydrogen-bond acceptors (Lipinski definition) is 6. The lowest BCUT2D eigenvalue weighted by atomic mass is 9.96. The summed E-state index contributed by atoms with van der Waals surface area (Å²) in [6.07, 6.45) is 2.41. The molecule has 1 saturated heterocycles. The number of nitrogen functional groups attached to an aromatic ring is 1. The van der Waals surface area contributed by atoms with Gasteiger partial charge in [0, 0.05) is 24.0 Å². The number of nitrogens with zero attached hydrogens (tertiary/aromatic N) is 1. The molecule has 1 fully saturated rings. The van der Waals surface area contributed by atoms with Crippen LogP contribution in [-0.4, -0.2) is 49.2 Å². The summed E-state index contributed by atoms with van der Waals surface area (Å²) in [5.74, 6) is 0.654. The first-order valence-electron chi connectivity index (χ1n) is 9.83. The van der Waals surface area contributed by atoms with Crippen LogP contribution in [0.1, 0.15) is 40.6 Å². The van der Waals surface area contributed by atoms with E-state index in [1.165, 1.54) is 7.11 Å². The number of amides is 1. The number of methoxy groups -OCH3 is 1. The van der Waals surface area contributed by atoms with E-state index in [1.54, 1.807) is 23.5 Å². The molecule has 1 aliphatic rings. The van der Waals surface area contributed by atoms with Crippen molar-refractivity contribution in [3.63, 3.8) is 0 Å². The fourth-order valence-electron chi connectivity index (χ4n) is 3.59. The second-order valence-corrected chi connectivity index (χ2v) is 8.78. The van der Waals surface area contributed by atoms with Crippen LogP contribution in [0.15, 0.2) is 29.6 Å². The molecule has 158 valence electrons. The summed E-state index contributed by atoms with van der Waals surface area (Å²) in [6.45, 7) is 3.47. The lowest BCUT2D eigenvalue weighted by molar-refractivity contribution is 0.0926. The van der Waals surface area contributed by atoms with Crippen molar-refractivity contribution in [2.24, 2.45) is 5.92 Å². The summed E-state index contributed by atoms with van der Waals surface area (Å²) in [6, 6.07) is 7.07. The number of rotatable bonds is 8. The third-order valence-electron chi connectivity index (χ3n) is 5.41. The van der Waals surface area contributed by atoms with E-state index in [2.05, 4.69) is 10.2 Å². The molecule has 1 unspecified atom stereocenters. The molecular formula is C21H28ClN3O3S. The van der Waals surface area contributed by atoms with Gasteiger partial charge in [0.25, 0.3) is 5.91 Å². The van der Waals surface area contributed by atoms with Crippen LogP contribution in [0.2, 0.25) is 5.02 Å². The Kier molecular flexibility index (Phi) is 7.77. The average Bonchev–Trinajstić information content (AvgIpc) is 3.27. The fraction of sp³-hybridized carbons (Fsp3) is 0.476. The van der Waals surface area contributed by atoms with Crippen molar-refractivity contribution in [1.82, 2.24) is 10.2 Å². The molecular weight excluding hydrogens is 410 g/mol.